The quantitative estimate of drug-likeness (QED) is 0.671. The molecule has 0 aliphatic carbocycles. The van der Waals surface area contributed by atoms with Gasteiger partial charge in [0.1, 0.15) is 4.21 Å². The molecule has 1 atom stereocenters. The first kappa shape index (κ1) is 22.3. The van der Waals surface area contributed by atoms with Crippen LogP contribution in [0.4, 0.5) is 5.69 Å². The lowest BCUT2D eigenvalue weighted by Gasteiger charge is -2.33. The zero-order chi connectivity index (χ0) is 21.2. The molecule has 158 valence electrons. The Morgan fingerprint density at radius 3 is 2.55 bits per heavy atom. The Bertz CT molecular complexity index is 980. The van der Waals surface area contributed by atoms with Crippen LogP contribution >= 0.6 is 22.9 Å². The zero-order valence-corrected chi connectivity index (χ0v) is 19.3. The molecule has 1 aromatic heterocycles. The van der Waals surface area contributed by atoms with Crippen LogP contribution in [-0.2, 0) is 21.2 Å². The number of thiophene rings is 1. The van der Waals surface area contributed by atoms with E-state index in [0.717, 1.165) is 34.6 Å². The lowest BCUT2D eigenvalue weighted by atomic mass is 9.85. The molecule has 3 rings (SSSR count). The Morgan fingerprint density at radius 2 is 1.97 bits per heavy atom. The van der Waals surface area contributed by atoms with Gasteiger partial charge >= 0.3 is 0 Å². The van der Waals surface area contributed by atoms with E-state index in [-0.39, 0.29) is 22.0 Å². The lowest BCUT2D eigenvalue weighted by Crippen LogP contribution is -2.41. The second-order valence-electron chi connectivity index (χ2n) is 7.54. The van der Waals surface area contributed by atoms with E-state index in [4.69, 9.17) is 11.6 Å². The molecule has 1 amide bonds. The number of hydrogen-bond donors (Lipinski definition) is 1. The maximum absolute atomic E-state index is 12.9. The van der Waals surface area contributed by atoms with Crippen molar-refractivity contribution in [2.45, 2.75) is 44.2 Å². The van der Waals surface area contributed by atoms with Crippen LogP contribution in [0.25, 0.3) is 0 Å². The summed E-state index contributed by atoms with van der Waals surface area (Å²) in [5.74, 6) is -0.0248. The standard InChI is InChI=1S/C21H27ClN2O3S2/c1-4-16-7-5-6-14(2)20(16)23-21(25)15(3)17-10-12-24(13-11-17)29(26,27)19-9-8-18(22)28-19/h5-9,15,17H,4,10-13H2,1-3H3,(H,23,25)/t15-/m0/s1. The molecule has 1 aliphatic rings. The van der Waals surface area contributed by atoms with E-state index >= 15 is 0 Å². The minimum Gasteiger partial charge on any atom is -0.325 e. The molecule has 2 heterocycles. The molecule has 0 unspecified atom stereocenters. The van der Waals surface area contributed by atoms with Crippen LogP contribution < -0.4 is 5.32 Å². The van der Waals surface area contributed by atoms with E-state index in [0.29, 0.717) is 30.3 Å². The maximum atomic E-state index is 12.9. The Kier molecular flexibility index (Phi) is 7.04. The van der Waals surface area contributed by atoms with Crippen molar-refractivity contribution in [2.75, 3.05) is 18.4 Å². The van der Waals surface area contributed by atoms with Crippen LogP contribution in [0.3, 0.4) is 0 Å². The molecule has 5 nitrogen and oxygen atoms in total. The first-order valence-electron chi connectivity index (χ1n) is 9.89. The number of amides is 1. The minimum atomic E-state index is -3.51. The van der Waals surface area contributed by atoms with Crippen molar-refractivity contribution in [3.8, 4) is 0 Å². The van der Waals surface area contributed by atoms with Gasteiger partial charge in [0.15, 0.2) is 0 Å². The van der Waals surface area contributed by atoms with Crippen LogP contribution in [0.5, 0.6) is 0 Å². The molecule has 2 aromatic rings. The predicted octanol–water partition coefficient (Wildman–Crippen LogP) is 4.95. The first-order chi connectivity index (χ1) is 13.7. The minimum absolute atomic E-state index is 0.000320. The fourth-order valence-electron chi connectivity index (χ4n) is 3.83. The highest BCUT2D eigenvalue weighted by atomic mass is 35.5. The molecule has 0 saturated carbocycles. The van der Waals surface area contributed by atoms with E-state index in [2.05, 4.69) is 12.2 Å². The third-order valence-corrected chi connectivity index (χ3v) is 9.35. The average molecular weight is 455 g/mol. The SMILES string of the molecule is CCc1cccc(C)c1NC(=O)[C@@H](C)C1CCN(S(=O)(=O)c2ccc(Cl)s2)CC1. The van der Waals surface area contributed by atoms with Gasteiger partial charge in [-0.3, -0.25) is 4.79 Å². The summed E-state index contributed by atoms with van der Waals surface area (Å²) in [6.45, 7) is 6.85. The number of benzene rings is 1. The molecule has 0 radical (unpaired) electrons. The number of anilines is 1. The van der Waals surface area contributed by atoms with Gasteiger partial charge in [-0.25, -0.2) is 8.42 Å². The van der Waals surface area contributed by atoms with Crippen molar-refractivity contribution in [3.05, 3.63) is 45.8 Å². The van der Waals surface area contributed by atoms with Crippen molar-refractivity contribution in [3.63, 3.8) is 0 Å². The number of carbonyl (C=O) groups is 1. The molecule has 1 saturated heterocycles. The smallest absolute Gasteiger partial charge is 0.252 e. The van der Waals surface area contributed by atoms with Crippen LogP contribution in [0.15, 0.2) is 34.5 Å². The number of rotatable bonds is 6. The third kappa shape index (κ3) is 4.85. The Labute approximate surface area is 182 Å². The number of halogens is 1. The molecule has 0 spiro atoms. The normalized spacial score (nSPS) is 17.2. The molecule has 8 heteroatoms. The largest absolute Gasteiger partial charge is 0.325 e. The number of nitrogens with one attached hydrogen (secondary N) is 1. The van der Waals surface area contributed by atoms with Gasteiger partial charge < -0.3 is 5.32 Å². The monoisotopic (exact) mass is 454 g/mol. The number of piperidine rings is 1. The van der Waals surface area contributed by atoms with E-state index in [1.54, 1.807) is 12.1 Å². The van der Waals surface area contributed by atoms with Crippen molar-refractivity contribution >= 4 is 44.6 Å². The van der Waals surface area contributed by atoms with Crippen molar-refractivity contribution < 1.29 is 13.2 Å². The summed E-state index contributed by atoms with van der Waals surface area (Å²) < 4.78 is 27.8. The lowest BCUT2D eigenvalue weighted by molar-refractivity contribution is -0.121. The topological polar surface area (TPSA) is 66.5 Å². The van der Waals surface area contributed by atoms with Gasteiger partial charge in [0.2, 0.25) is 5.91 Å². The molecule has 0 bridgehead atoms. The number of hydrogen-bond acceptors (Lipinski definition) is 4. The predicted molar refractivity (Wildman–Crippen MR) is 119 cm³/mol. The van der Waals surface area contributed by atoms with Gasteiger partial charge in [0, 0.05) is 24.7 Å². The number of sulfonamides is 1. The van der Waals surface area contributed by atoms with Crippen LogP contribution in [0.2, 0.25) is 4.34 Å². The van der Waals surface area contributed by atoms with E-state index in [1.165, 1.54) is 4.31 Å². The molecule has 29 heavy (non-hydrogen) atoms. The summed E-state index contributed by atoms with van der Waals surface area (Å²) in [7, 11) is -3.51. The highest BCUT2D eigenvalue weighted by molar-refractivity contribution is 7.91. The van der Waals surface area contributed by atoms with Gasteiger partial charge in [0.05, 0.1) is 4.34 Å². The first-order valence-corrected chi connectivity index (χ1v) is 12.5. The highest BCUT2D eigenvalue weighted by Gasteiger charge is 2.34. The van der Waals surface area contributed by atoms with Crippen molar-refractivity contribution in [1.29, 1.82) is 0 Å². The van der Waals surface area contributed by atoms with Crippen LogP contribution in [0, 0.1) is 18.8 Å². The molecule has 1 N–H and O–H groups in total. The number of aryl methyl sites for hydroxylation is 2. The summed E-state index contributed by atoms with van der Waals surface area (Å²) in [4.78, 5) is 12.9. The fraction of sp³-hybridized carbons (Fsp3) is 0.476. The summed E-state index contributed by atoms with van der Waals surface area (Å²) in [5.41, 5.74) is 3.09. The second kappa shape index (κ2) is 9.16. The summed E-state index contributed by atoms with van der Waals surface area (Å²) in [6.07, 6.45) is 2.19. The van der Waals surface area contributed by atoms with Gasteiger partial charge in [-0.15, -0.1) is 11.3 Å². The molecular weight excluding hydrogens is 428 g/mol. The zero-order valence-electron chi connectivity index (χ0n) is 16.9. The Hall–Kier alpha value is -1.41. The number of para-hydroxylation sites is 1. The Balaban J connectivity index is 1.63. The van der Waals surface area contributed by atoms with Gasteiger partial charge in [-0.2, -0.15) is 4.31 Å². The van der Waals surface area contributed by atoms with E-state index in [9.17, 15) is 13.2 Å². The van der Waals surface area contributed by atoms with Crippen LogP contribution in [0.1, 0.15) is 37.8 Å². The molecule has 1 aromatic carbocycles. The van der Waals surface area contributed by atoms with E-state index in [1.807, 2.05) is 32.0 Å². The Morgan fingerprint density at radius 1 is 1.28 bits per heavy atom. The van der Waals surface area contributed by atoms with Crippen LogP contribution in [-0.4, -0.2) is 31.7 Å². The molecular formula is C21H27ClN2O3S2. The molecule has 1 aliphatic heterocycles. The van der Waals surface area contributed by atoms with Crippen molar-refractivity contribution in [2.24, 2.45) is 11.8 Å². The van der Waals surface area contributed by atoms with Gasteiger partial charge in [0.25, 0.3) is 10.0 Å². The highest BCUT2D eigenvalue weighted by Crippen LogP contribution is 2.33. The van der Waals surface area contributed by atoms with Gasteiger partial charge in [-0.05, 0) is 55.4 Å². The maximum Gasteiger partial charge on any atom is 0.252 e. The fourth-order valence-corrected chi connectivity index (χ4v) is 6.94. The summed E-state index contributed by atoms with van der Waals surface area (Å²) >= 11 is 6.97. The summed E-state index contributed by atoms with van der Waals surface area (Å²) in [5, 5.41) is 3.11. The number of carbonyl (C=O) groups excluding carboxylic acids is 1. The third-order valence-electron chi connectivity index (χ3n) is 5.75. The number of nitrogens with zero attached hydrogens (tertiary/aromatic N) is 1. The summed E-state index contributed by atoms with van der Waals surface area (Å²) in [6, 6.07) is 9.20. The second-order valence-corrected chi connectivity index (χ2v) is 11.4. The molecule has 1 fully saturated rings. The average Bonchev–Trinajstić information content (AvgIpc) is 3.16. The van der Waals surface area contributed by atoms with Gasteiger partial charge in [-0.1, -0.05) is 43.6 Å². The van der Waals surface area contributed by atoms with E-state index < -0.39 is 10.0 Å². The van der Waals surface area contributed by atoms with Crippen molar-refractivity contribution in [1.82, 2.24) is 4.31 Å².